The predicted octanol–water partition coefficient (Wildman–Crippen LogP) is 4.40. The maximum atomic E-state index is 13.2. The van der Waals surface area contributed by atoms with Gasteiger partial charge in [-0.3, -0.25) is 4.79 Å². The number of nitrogens with zero attached hydrogens (tertiary/aromatic N) is 1. The zero-order valence-corrected chi connectivity index (χ0v) is 22.3. The van der Waals surface area contributed by atoms with Crippen LogP contribution in [0.15, 0.2) is 36.4 Å². The third kappa shape index (κ3) is 6.27. The standard InChI is InChI=1S/C26H37NO5Si/c1-18(10-17-23(28)31-7)27-22(16-13-20-11-14-21(30-6)15-12-20)24(25(27)29)19(2)32-33(8,9)26(3,4)5/h10-12,14-15,17-19,22,24H,1-9H3/b17-10+/t18-,19-,22?,24-/m1/s1. The third-order valence-electron chi connectivity index (χ3n) is 6.58. The Morgan fingerprint density at radius 1 is 1.15 bits per heavy atom. The van der Waals surface area contributed by atoms with Crippen LogP contribution in [-0.2, 0) is 18.8 Å². The van der Waals surface area contributed by atoms with Crippen molar-refractivity contribution >= 4 is 20.2 Å². The Labute approximate surface area is 199 Å². The summed E-state index contributed by atoms with van der Waals surface area (Å²) >= 11 is 0. The maximum Gasteiger partial charge on any atom is 0.330 e. The average molecular weight is 472 g/mol. The topological polar surface area (TPSA) is 65.1 Å². The van der Waals surface area contributed by atoms with Crippen molar-refractivity contribution in [2.24, 2.45) is 5.92 Å². The van der Waals surface area contributed by atoms with Crippen molar-refractivity contribution in [3.8, 4) is 17.6 Å². The lowest BCUT2D eigenvalue weighted by Crippen LogP contribution is -2.67. The molecular formula is C26H37NO5Si. The molecule has 2 rings (SSSR count). The number of hydrogen-bond acceptors (Lipinski definition) is 5. The van der Waals surface area contributed by atoms with Gasteiger partial charge >= 0.3 is 5.97 Å². The van der Waals surface area contributed by atoms with Crippen LogP contribution in [0.1, 0.15) is 40.2 Å². The second-order valence-electron chi connectivity index (χ2n) is 9.92. The predicted molar refractivity (Wildman–Crippen MR) is 132 cm³/mol. The van der Waals surface area contributed by atoms with Gasteiger partial charge in [0.2, 0.25) is 5.91 Å². The van der Waals surface area contributed by atoms with E-state index < -0.39 is 14.3 Å². The Kier molecular flexibility index (Phi) is 8.55. The van der Waals surface area contributed by atoms with Crippen molar-refractivity contribution < 1.29 is 23.5 Å². The summed E-state index contributed by atoms with van der Waals surface area (Å²) in [5.74, 6) is 6.41. The van der Waals surface area contributed by atoms with Crippen LogP contribution in [0.4, 0.5) is 0 Å². The van der Waals surface area contributed by atoms with E-state index in [1.165, 1.54) is 13.2 Å². The fourth-order valence-corrected chi connectivity index (χ4v) is 4.96. The molecule has 0 aromatic heterocycles. The fraction of sp³-hybridized carbons (Fsp3) is 0.538. The van der Waals surface area contributed by atoms with E-state index in [2.05, 4.69) is 50.4 Å². The Bertz CT molecular complexity index is 936. The van der Waals surface area contributed by atoms with Gasteiger partial charge in [0.1, 0.15) is 11.8 Å². The average Bonchev–Trinajstić information content (AvgIpc) is 2.73. The smallest absolute Gasteiger partial charge is 0.330 e. The first-order valence-electron chi connectivity index (χ1n) is 11.2. The van der Waals surface area contributed by atoms with Crippen molar-refractivity contribution in [2.75, 3.05) is 14.2 Å². The van der Waals surface area contributed by atoms with Gasteiger partial charge in [-0.05, 0) is 56.2 Å². The largest absolute Gasteiger partial charge is 0.497 e. The van der Waals surface area contributed by atoms with E-state index in [-0.39, 0.29) is 35.1 Å². The van der Waals surface area contributed by atoms with Gasteiger partial charge in [0, 0.05) is 17.7 Å². The quantitative estimate of drug-likeness (QED) is 0.194. The van der Waals surface area contributed by atoms with Gasteiger partial charge < -0.3 is 18.8 Å². The molecule has 0 aliphatic carbocycles. The van der Waals surface area contributed by atoms with E-state index in [9.17, 15) is 9.59 Å². The number of carbonyl (C=O) groups is 2. The minimum Gasteiger partial charge on any atom is -0.497 e. The number of rotatable bonds is 7. The van der Waals surface area contributed by atoms with Crippen molar-refractivity contribution in [3.63, 3.8) is 0 Å². The summed E-state index contributed by atoms with van der Waals surface area (Å²) < 4.78 is 16.4. The Balaban J connectivity index is 2.32. The van der Waals surface area contributed by atoms with E-state index in [0.29, 0.717) is 0 Å². The SMILES string of the molecule is COC(=O)/C=C/[C@@H](C)N1C(=O)[C@H]([C@@H](C)O[Si](C)(C)C(C)(C)C)C1C#Cc1ccc(OC)cc1. The molecule has 1 aliphatic rings. The molecule has 1 aliphatic heterocycles. The lowest BCUT2D eigenvalue weighted by atomic mass is 9.82. The maximum absolute atomic E-state index is 13.2. The van der Waals surface area contributed by atoms with Crippen LogP contribution in [0.2, 0.25) is 18.1 Å². The molecule has 0 saturated carbocycles. The summed E-state index contributed by atoms with van der Waals surface area (Å²) in [5.41, 5.74) is 0.838. The molecule has 7 heteroatoms. The molecule has 0 spiro atoms. The monoisotopic (exact) mass is 471 g/mol. The number of hydrogen-bond donors (Lipinski definition) is 0. The first kappa shape index (κ1) is 26.7. The molecule has 1 aromatic carbocycles. The molecule has 1 aromatic rings. The van der Waals surface area contributed by atoms with Gasteiger partial charge in [-0.25, -0.2) is 4.79 Å². The molecular weight excluding hydrogens is 434 g/mol. The number of benzene rings is 1. The number of ether oxygens (including phenoxy) is 2. The minimum absolute atomic E-state index is 0.0164. The van der Waals surface area contributed by atoms with Crippen molar-refractivity contribution in [2.45, 2.75) is 70.9 Å². The van der Waals surface area contributed by atoms with Crippen LogP contribution >= 0.6 is 0 Å². The second kappa shape index (κ2) is 10.6. The van der Waals surface area contributed by atoms with Crippen molar-refractivity contribution in [1.29, 1.82) is 0 Å². The molecule has 0 bridgehead atoms. The molecule has 1 saturated heterocycles. The summed E-state index contributed by atoms with van der Waals surface area (Å²) in [6, 6.07) is 6.87. The highest BCUT2D eigenvalue weighted by molar-refractivity contribution is 6.74. The van der Waals surface area contributed by atoms with Gasteiger partial charge in [0.05, 0.1) is 26.2 Å². The molecule has 1 amide bonds. The summed E-state index contributed by atoms with van der Waals surface area (Å²) in [6.45, 7) is 14.8. The van der Waals surface area contributed by atoms with Gasteiger partial charge in [-0.15, -0.1) is 0 Å². The minimum atomic E-state index is -2.06. The number of esters is 1. The van der Waals surface area contributed by atoms with Crippen LogP contribution < -0.4 is 4.74 Å². The highest BCUT2D eigenvalue weighted by Gasteiger charge is 2.53. The van der Waals surface area contributed by atoms with Crippen LogP contribution in [-0.4, -0.2) is 57.5 Å². The number of methoxy groups -OCH3 is 2. The number of likely N-dealkylation sites (tertiary alicyclic amines) is 1. The molecule has 0 N–H and O–H groups in total. The molecule has 33 heavy (non-hydrogen) atoms. The van der Waals surface area contributed by atoms with Gasteiger partial charge in [0.25, 0.3) is 0 Å². The summed E-state index contributed by atoms with van der Waals surface area (Å²) in [6.07, 6.45) is 2.75. The summed E-state index contributed by atoms with van der Waals surface area (Å²) in [4.78, 5) is 26.5. The second-order valence-corrected chi connectivity index (χ2v) is 14.7. The van der Waals surface area contributed by atoms with E-state index in [1.807, 2.05) is 38.1 Å². The van der Waals surface area contributed by atoms with Gasteiger partial charge in [-0.2, -0.15) is 0 Å². The summed E-state index contributed by atoms with van der Waals surface area (Å²) in [5, 5.41) is 0.0363. The zero-order valence-electron chi connectivity index (χ0n) is 21.3. The molecule has 180 valence electrons. The molecule has 1 unspecified atom stereocenters. The van der Waals surface area contributed by atoms with Crippen LogP contribution in [0, 0.1) is 17.8 Å². The van der Waals surface area contributed by atoms with Gasteiger partial charge in [-0.1, -0.05) is 38.7 Å². The number of amides is 1. The highest BCUT2D eigenvalue weighted by atomic mass is 28.4. The highest BCUT2D eigenvalue weighted by Crippen LogP contribution is 2.40. The van der Waals surface area contributed by atoms with E-state index in [1.54, 1.807) is 18.1 Å². The van der Waals surface area contributed by atoms with E-state index >= 15 is 0 Å². The lowest BCUT2D eigenvalue weighted by molar-refractivity contribution is -0.160. The third-order valence-corrected chi connectivity index (χ3v) is 11.2. The molecule has 1 heterocycles. The Morgan fingerprint density at radius 2 is 1.76 bits per heavy atom. The molecule has 0 radical (unpaired) electrons. The van der Waals surface area contributed by atoms with E-state index in [4.69, 9.17) is 9.16 Å². The first-order chi connectivity index (χ1) is 15.3. The molecule has 1 fully saturated rings. The normalized spacial score (nSPS) is 20.5. The number of carbonyl (C=O) groups excluding carboxylic acids is 2. The van der Waals surface area contributed by atoms with Crippen LogP contribution in [0.3, 0.4) is 0 Å². The van der Waals surface area contributed by atoms with Gasteiger partial charge in [0.15, 0.2) is 8.32 Å². The van der Waals surface area contributed by atoms with E-state index in [0.717, 1.165) is 11.3 Å². The fourth-order valence-electron chi connectivity index (χ4n) is 3.53. The number of β-lactam (4-membered cyclic amide) rings is 1. The molecule has 4 atom stereocenters. The summed E-state index contributed by atoms with van der Waals surface area (Å²) in [7, 11) is 0.884. The zero-order chi connectivity index (χ0) is 25.0. The molecule has 6 nitrogen and oxygen atoms in total. The first-order valence-corrected chi connectivity index (χ1v) is 14.1. The van der Waals surface area contributed by atoms with Crippen LogP contribution in [0.25, 0.3) is 0 Å². The van der Waals surface area contributed by atoms with Crippen molar-refractivity contribution in [1.82, 2.24) is 4.90 Å². The van der Waals surface area contributed by atoms with Crippen molar-refractivity contribution in [3.05, 3.63) is 42.0 Å². The Hall–Kier alpha value is -2.56. The lowest BCUT2D eigenvalue weighted by Gasteiger charge is -2.51. The van der Waals surface area contributed by atoms with Crippen LogP contribution in [0.5, 0.6) is 5.75 Å². The Morgan fingerprint density at radius 3 is 2.27 bits per heavy atom.